The smallest absolute Gasteiger partial charge is 0.409 e. The Bertz CT molecular complexity index is 203. The van der Waals surface area contributed by atoms with Crippen LogP contribution in [0.3, 0.4) is 0 Å². The van der Waals surface area contributed by atoms with Crippen molar-refractivity contribution in [3.05, 3.63) is 0 Å². The molecule has 1 amide bonds. The number of carbonyl (C=O) groups is 1. The highest BCUT2D eigenvalue weighted by Crippen LogP contribution is 2.14. The van der Waals surface area contributed by atoms with Crippen molar-refractivity contribution in [3.8, 4) is 0 Å². The second-order valence-corrected chi connectivity index (χ2v) is 3.90. The molecule has 0 saturated carbocycles. The maximum Gasteiger partial charge on any atom is 0.409 e. The van der Waals surface area contributed by atoms with Crippen LogP contribution in [0.2, 0.25) is 0 Å². The normalized spacial score (nSPS) is 17.5. The van der Waals surface area contributed by atoms with Gasteiger partial charge in [0.25, 0.3) is 0 Å². The van der Waals surface area contributed by atoms with Crippen molar-refractivity contribution in [2.75, 3.05) is 32.8 Å². The summed E-state index contributed by atoms with van der Waals surface area (Å²) in [7, 11) is 0. The highest BCUT2D eigenvalue weighted by Gasteiger charge is 2.23. The Balaban J connectivity index is 2.15. The molecule has 0 aromatic heterocycles. The molecule has 1 rings (SSSR count). The fraction of sp³-hybridized carbons (Fsp3) is 0.909. The van der Waals surface area contributed by atoms with E-state index in [1.807, 2.05) is 6.92 Å². The Hall–Kier alpha value is -0.810. The largest absolute Gasteiger partial charge is 0.450 e. The molecular formula is C11H22N2O3. The summed E-state index contributed by atoms with van der Waals surface area (Å²) < 4.78 is 10.6. The van der Waals surface area contributed by atoms with Gasteiger partial charge in [-0.05, 0) is 32.7 Å². The maximum absolute atomic E-state index is 11.4. The summed E-state index contributed by atoms with van der Waals surface area (Å²) in [4.78, 5) is 13.2. The predicted octanol–water partition coefficient (Wildman–Crippen LogP) is 0.973. The molecule has 0 radical (unpaired) electrons. The van der Waals surface area contributed by atoms with Gasteiger partial charge in [-0.15, -0.1) is 0 Å². The van der Waals surface area contributed by atoms with E-state index in [0.717, 1.165) is 39.0 Å². The van der Waals surface area contributed by atoms with E-state index < -0.39 is 0 Å². The van der Waals surface area contributed by atoms with Crippen molar-refractivity contribution < 1.29 is 14.3 Å². The van der Waals surface area contributed by atoms with Gasteiger partial charge in [-0.25, -0.2) is 4.79 Å². The van der Waals surface area contributed by atoms with Crippen LogP contribution in [0, 0.1) is 0 Å². The molecule has 1 aliphatic heterocycles. The van der Waals surface area contributed by atoms with Crippen LogP contribution < -0.4 is 5.73 Å². The van der Waals surface area contributed by atoms with E-state index in [0.29, 0.717) is 13.2 Å². The first-order valence-corrected chi connectivity index (χ1v) is 6.01. The van der Waals surface area contributed by atoms with Crippen molar-refractivity contribution in [3.63, 3.8) is 0 Å². The third-order valence-corrected chi connectivity index (χ3v) is 2.67. The van der Waals surface area contributed by atoms with Gasteiger partial charge in [-0.2, -0.15) is 0 Å². The van der Waals surface area contributed by atoms with Crippen molar-refractivity contribution in [2.24, 2.45) is 5.73 Å². The van der Waals surface area contributed by atoms with Gasteiger partial charge in [-0.3, -0.25) is 0 Å². The van der Waals surface area contributed by atoms with E-state index in [1.165, 1.54) is 0 Å². The van der Waals surface area contributed by atoms with Crippen molar-refractivity contribution in [1.82, 2.24) is 4.90 Å². The number of amides is 1. The zero-order valence-electron chi connectivity index (χ0n) is 9.98. The number of carbonyl (C=O) groups excluding carboxylic acids is 1. The average molecular weight is 230 g/mol. The van der Waals surface area contributed by atoms with E-state index in [9.17, 15) is 4.79 Å². The number of ether oxygens (including phenoxy) is 2. The quantitative estimate of drug-likeness (QED) is 0.715. The Morgan fingerprint density at radius 2 is 2.12 bits per heavy atom. The molecule has 1 fully saturated rings. The van der Waals surface area contributed by atoms with Crippen molar-refractivity contribution >= 4 is 6.09 Å². The maximum atomic E-state index is 11.4. The topological polar surface area (TPSA) is 64.8 Å². The van der Waals surface area contributed by atoms with Crippen LogP contribution in [-0.4, -0.2) is 49.9 Å². The van der Waals surface area contributed by atoms with Gasteiger partial charge >= 0.3 is 6.09 Å². The summed E-state index contributed by atoms with van der Waals surface area (Å²) in [6.07, 6.45) is 2.75. The molecule has 1 saturated heterocycles. The van der Waals surface area contributed by atoms with E-state index in [1.54, 1.807) is 4.90 Å². The molecule has 5 nitrogen and oxygen atoms in total. The molecule has 0 aliphatic carbocycles. The van der Waals surface area contributed by atoms with Gasteiger partial charge in [0.15, 0.2) is 0 Å². The highest BCUT2D eigenvalue weighted by molar-refractivity contribution is 5.67. The first-order valence-electron chi connectivity index (χ1n) is 6.01. The van der Waals surface area contributed by atoms with Gasteiger partial charge in [-0.1, -0.05) is 0 Å². The minimum absolute atomic E-state index is 0.206. The van der Waals surface area contributed by atoms with Gasteiger partial charge in [0, 0.05) is 19.7 Å². The predicted molar refractivity (Wildman–Crippen MR) is 61.2 cm³/mol. The fourth-order valence-corrected chi connectivity index (χ4v) is 1.75. The number of hydrogen-bond acceptors (Lipinski definition) is 4. The number of piperidine rings is 1. The van der Waals surface area contributed by atoms with Crippen LogP contribution >= 0.6 is 0 Å². The number of nitrogens with zero attached hydrogens (tertiary/aromatic N) is 1. The number of rotatable bonds is 5. The number of nitrogens with two attached hydrogens (primary N) is 1. The lowest BCUT2D eigenvalue weighted by Gasteiger charge is -2.31. The van der Waals surface area contributed by atoms with Crippen LogP contribution in [0.15, 0.2) is 0 Å². The van der Waals surface area contributed by atoms with Crippen LogP contribution in [-0.2, 0) is 9.47 Å². The number of likely N-dealkylation sites (tertiary alicyclic amines) is 1. The Kier molecular flexibility index (Phi) is 6.18. The second-order valence-electron chi connectivity index (χ2n) is 3.90. The SMILES string of the molecule is CCOC(=O)N1CCC(OCCCN)CC1. The molecule has 1 heterocycles. The van der Waals surface area contributed by atoms with Crippen LogP contribution in [0.5, 0.6) is 0 Å². The van der Waals surface area contributed by atoms with E-state index in [-0.39, 0.29) is 12.2 Å². The lowest BCUT2D eigenvalue weighted by Crippen LogP contribution is -2.41. The summed E-state index contributed by atoms with van der Waals surface area (Å²) in [5.41, 5.74) is 5.39. The third-order valence-electron chi connectivity index (χ3n) is 2.67. The zero-order chi connectivity index (χ0) is 11.8. The summed E-state index contributed by atoms with van der Waals surface area (Å²) in [5, 5.41) is 0. The molecule has 1 aliphatic rings. The fourth-order valence-electron chi connectivity index (χ4n) is 1.75. The molecule has 2 N–H and O–H groups in total. The molecule has 0 aromatic rings. The van der Waals surface area contributed by atoms with Crippen molar-refractivity contribution in [1.29, 1.82) is 0 Å². The Labute approximate surface area is 96.9 Å². The molecular weight excluding hydrogens is 208 g/mol. The Morgan fingerprint density at radius 1 is 1.44 bits per heavy atom. The monoisotopic (exact) mass is 230 g/mol. The lowest BCUT2D eigenvalue weighted by molar-refractivity contribution is 0.00613. The van der Waals surface area contributed by atoms with E-state index in [4.69, 9.17) is 15.2 Å². The van der Waals surface area contributed by atoms with Crippen LogP contribution in [0.4, 0.5) is 4.79 Å². The summed E-state index contributed by atoms with van der Waals surface area (Å²) in [5.74, 6) is 0. The van der Waals surface area contributed by atoms with E-state index in [2.05, 4.69) is 0 Å². The zero-order valence-corrected chi connectivity index (χ0v) is 9.98. The standard InChI is InChI=1S/C11H22N2O3/c1-2-15-11(14)13-7-4-10(5-8-13)16-9-3-6-12/h10H,2-9,12H2,1H3. The van der Waals surface area contributed by atoms with Crippen LogP contribution in [0.25, 0.3) is 0 Å². The van der Waals surface area contributed by atoms with Crippen LogP contribution in [0.1, 0.15) is 26.2 Å². The second kappa shape index (κ2) is 7.46. The van der Waals surface area contributed by atoms with Gasteiger partial charge < -0.3 is 20.1 Å². The summed E-state index contributed by atoms with van der Waals surface area (Å²) in [6, 6.07) is 0. The minimum Gasteiger partial charge on any atom is -0.450 e. The molecule has 0 bridgehead atoms. The van der Waals surface area contributed by atoms with Gasteiger partial charge in [0.2, 0.25) is 0 Å². The molecule has 0 spiro atoms. The van der Waals surface area contributed by atoms with Gasteiger partial charge in [0.1, 0.15) is 0 Å². The van der Waals surface area contributed by atoms with Crippen molar-refractivity contribution in [2.45, 2.75) is 32.3 Å². The average Bonchev–Trinajstić information content (AvgIpc) is 2.30. The summed E-state index contributed by atoms with van der Waals surface area (Å²) in [6.45, 7) is 5.10. The molecule has 16 heavy (non-hydrogen) atoms. The lowest BCUT2D eigenvalue weighted by atomic mass is 10.1. The molecule has 0 aromatic carbocycles. The first-order chi connectivity index (χ1) is 7.77. The van der Waals surface area contributed by atoms with E-state index >= 15 is 0 Å². The molecule has 5 heteroatoms. The Morgan fingerprint density at radius 3 is 2.69 bits per heavy atom. The molecule has 94 valence electrons. The highest BCUT2D eigenvalue weighted by atomic mass is 16.6. The number of hydrogen-bond donors (Lipinski definition) is 1. The summed E-state index contributed by atoms with van der Waals surface area (Å²) >= 11 is 0. The third kappa shape index (κ3) is 4.37. The first kappa shape index (κ1) is 13.3. The molecule has 0 atom stereocenters. The molecule has 0 unspecified atom stereocenters. The van der Waals surface area contributed by atoms with Gasteiger partial charge in [0.05, 0.1) is 12.7 Å². The minimum atomic E-state index is -0.206.